The predicted octanol–water partition coefficient (Wildman–Crippen LogP) is 4.84. The number of carbonyl (C=O) groups excluding carboxylic acids is 2. The van der Waals surface area contributed by atoms with Gasteiger partial charge in [-0.1, -0.05) is 51.1 Å². The summed E-state index contributed by atoms with van der Waals surface area (Å²) in [5.74, 6) is 1.28. The molecule has 0 unspecified atom stereocenters. The van der Waals surface area contributed by atoms with Crippen LogP contribution in [-0.2, 0) is 24.4 Å². The molecule has 0 aliphatic rings. The maximum absolute atomic E-state index is 12.6. The molecule has 0 saturated heterocycles. The second-order valence-corrected chi connectivity index (χ2v) is 8.47. The zero-order chi connectivity index (χ0) is 22.9. The minimum Gasteiger partial charge on any atom is -0.454 e. The van der Waals surface area contributed by atoms with Gasteiger partial charge in [-0.15, -0.1) is 0 Å². The third kappa shape index (κ3) is 6.61. The van der Waals surface area contributed by atoms with Gasteiger partial charge in [0.25, 0.3) is 5.91 Å². The van der Waals surface area contributed by atoms with Crippen LogP contribution in [0.5, 0.6) is 0 Å². The van der Waals surface area contributed by atoms with Crippen LogP contribution in [0.3, 0.4) is 0 Å². The lowest BCUT2D eigenvalue weighted by Crippen LogP contribution is -2.32. The lowest BCUT2D eigenvalue weighted by molar-refractivity contribution is -0.132. The standard InChI is InChI=1S/C26H33N3O3/c1-4-14-29(25(30)16-20(2)3)18-22-11-8-15-28(22)19-23-12-13-24(32-23)26(31)27-17-21-9-6-5-7-10-21/h5-13,15,20H,4,14,16-19H2,1-3H3,(H,27,31). The zero-order valence-electron chi connectivity index (χ0n) is 19.2. The van der Waals surface area contributed by atoms with E-state index in [1.165, 1.54) is 0 Å². The summed E-state index contributed by atoms with van der Waals surface area (Å²) in [7, 11) is 0. The SMILES string of the molecule is CCCN(Cc1cccn1Cc1ccc(C(=O)NCc2ccccc2)o1)C(=O)CC(C)C. The van der Waals surface area contributed by atoms with Gasteiger partial charge in [0.1, 0.15) is 5.76 Å². The van der Waals surface area contributed by atoms with Gasteiger partial charge in [0.2, 0.25) is 5.91 Å². The summed E-state index contributed by atoms with van der Waals surface area (Å²) in [6.45, 7) is 8.48. The van der Waals surface area contributed by atoms with E-state index in [0.29, 0.717) is 43.5 Å². The molecule has 32 heavy (non-hydrogen) atoms. The summed E-state index contributed by atoms with van der Waals surface area (Å²) in [6, 6.07) is 17.3. The van der Waals surface area contributed by atoms with Crippen molar-refractivity contribution in [2.75, 3.05) is 6.54 Å². The highest BCUT2D eigenvalue weighted by molar-refractivity contribution is 5.91. The van der Waals surface area contributed by atoms with Crippen LogP contribution in [0.1, 0.15) is 61.2 Å². The van der Waals surface area contributed by atoms with Crippen molar-refractivity contribution in [3.05, 3.63) is 83.6 Å². The van der Waals surface area contributed by atoms with Crippen LogP contribution in [0.4, 0.5) is 0 Å². The first-order valence-corrected chi connectivity index (χ1v) is 11.3. The highest BCUT2D eigenvalue weighted by atomic mass is 16.4. The fraction of sp³-hybridized carbons (Fsp3) is 0.385. The second-order valence-electron chi connectivity index (χ2n) is 8.47. The van der Waals surface area contributed by atoms with Gasteiger partial charge in [-0.25, -0.2) is 0 Å². The average molecular weight is 436 g/mol. The van der Waals surface area contributed by atoms with Crippen LogP contribution in [-0.4, -0.2) is 27.8 Å². The van der Waals surface area contributed by atoms with Crippen molar-refractivity contribution in [1.29, 1.82) is 0 Å². The average Bonchev–Trinajstić information content (AvgIpc) is 3.42. The van der Waals surface area contributed by atoms with Crippen LogP contribution in [0.25, 0.3) is 0 Å². The molecule has 6 heteroatoms. The smallest absolute Gasteiger partial charge is 0.287 e. The quantitative estimate of drug-likeness (QED) is 0.468. The molecule has 0 spiro atoms. The molecule has 2 heterocycles. The normalized spacial score (nSPS) is 11.0. The molecule has 0 saturated carbocycles. The molecule has 0 aliphatic carbocycles. The number of nitrogens with zero attached hydrogens (tertiary/aromatic N) is 2. The molecule has 0 bridgehead atoms. The van der Waals surface area contributed by atoms with Crippen molar-refractivity contribution in [2.24, 2.45) is 5.92 Å². The summed E-state index contributed by atoms with van der Waals surface area (Å²) in [6.07, 6.45) is 3.45. The van der Waals surface area contributed by atoms with E-state index in [1.807, 2.05) is 59.6 Å². The Bertz CT molecular complexity index is 1000. The van der Waals surface area contributed by atoms with Crippen molar-refractivity contribution in [2.45, 2.75) is 53.2 Å². The zero-order valence-corrected chi connectivity index (χ0v) is 19.2. The molecule has 2 amide bonds. The maximum Gasteiger partial charge on any atom is 0.287 e. The number of furan rings is 1. The number of hydrogen-bond acceptors (Lipinski definition) is 3. The largest absolute Gasteiger partial charge is 0.454 e. The minimum atomic E-state index is -0.235. The van der Waals surface area contributed by atoms with E-state index in [0.717, 1.165) is 24.2 Å². The Labute approximate surface area is 190 Å². The van der Waals surface area contributed by atoms with Crippen molar-refractivity contribution in [3.63, 3.8) is 0 Å². The molecule has 2 aromatic heterocycles. The molecule has 0 fully saturated rings. The molecular weight excluding hydrogens is 402 g/mol. The van der Waals surface area contributed by atoms with Crippen molar-refractivity contribution >= 4 is 11.8 Å². The topological polar surface area (TPSA) is 67.5 Å². The van der Waals surface area contributed by atoms with Crippen molar-refractivity contribution in [1.82, 2.24) is 14.8 Å². The van der Waals surface area contributed by atoms with Gasteiger partial charge in [0.05, 0.1) is 13.1 Å². The van der Waals surface area contributed by atoms with Crippen LogP contribution in [0.15, 0.2) is 65.2 Å². The number of amides is 2. The summed E-state index contributed by atoms with van der Waals surface area (Å²) in [5, 5.41) is 2.88. The Morgan fingerprint density at radius 3 is 2.56 bits per heavy atom. The molecule has 170 valence electrons. The lowest BCUT2D eigenvalue weighted by atomic mass is 10.1. The number of nitrogens with one attached hydrogen (secondary N) is 1. The van der Waals surface area contributed by atoms with Gasteiger partial charge in [-0.3, -0.25) is 9.59 Å². The van der Waals surface area contributed by atoms with E-state index in [-0.39, 0.29) is 11.8 Å². The molecule has 0 radical (unpaired) electrons. The highest BCUT2D eigenvalue weighted by Gasteiger charge is 2.17. The summed E-state index contributed by atoms with van der Waals surface area (Å²) in [4.78, 5) is 27.0. The summed E-state index contributed by atoms with van der Waals surface area (Å²) in [5.41, 5.74) is 2.08. The molecule has 6 nitrogen and oxygen atoms in total. The Morgan fingerprint density at radius 1 is 1.06 bits per heavy atom. The van der Waals surface area contributed by atoms with E-state index in [2.05, 4.69) is 30.7 Å². The van der Waals surface area contributed by atoms with Crippen LogP contribution in [0, 0.1) is 5.92 Å². The third-order valence-corrected chi connectivity index (χ3v) is 5.21. The van der Waals surface area contributed by atoms with Crippen molar-refractivity contribution in [3.8, 4) is 0 Å². The fourth-order valence-electron chi connectivity index (χ4n) is 3.60. The lowest BCUT2D eigenvalue weighted by Gasteiger charge is -2.24. The van der Waals surface area contributed by atoms with Gasteiger partial charge >= 0.3 is 0 Å². The molecule has 0 atom stereocenters. The van der Waals surface area contributed by atoms with Crippen LogP contribution >= 0.6 is 0 Å². The van der Waals surface area contributed by atoms with Gasteiger partial charge in [0.15, 0.2) is 5.76 Å². The van der Waals surface area contributed by atoms with E-state index < -0.39 is 0 Å². The number of rotatable bonds is 11. The number of hydrogen-bond donors (Lipinski definition) is 1. The predicted molar refractivity (Wildman–Crippen MR) is 125 cm³/mol. The first-order chi connectivity index (χ1) is 15.5. The first-order valence-electron chi connectivity index (χ1n) is 11.3. The molecule has 1 aromatic carbocycles. The number of carbonyl (C=O) groups is 2. The van der Waals surface area contributed by atoms with E-state index in [9.17, 15) is 9.59 Å². The van der Waals surface area contributed by atoms with Gasteiger partial charge in [-0.2, -0.15) is 0 Å². The van der Waals surface area contributed by atoms with E-state index >= 15 is 0 Å². The van der Waals surface area contributed by atoms with E-state index in [4.69, 9.17) is 4.42 Å². The van der Waals surface area contributed by atoms with Crippen LogP contribution < -0.4 is 5.32 Å². The first kappa shape index (κ1) is 23.4. The van der Waals surface area contributed by atoms with Crippen LogP contribution in [0.2, 0.25) is 0 Å². The van der Waals surface area contributed by atoms with E-state index in [1.54, 1.807) is 6.07 Å². The monoisotopic (exact) mass is 435 g/mol. The maximum atomic E-state index is 12.6. The van der Waals surface area contributed by atoms with Gasteiger partial charge in [0, 0.05) is 31.4 Å². The Kier molecular flexibility index (Phi) is 8.31. The Morgan fingerprint density at radius 2 is 1.84 bits per heavy atom. The summed E-state index contributed by atoms with van der Waals surface area (Å²) >= 11 is 0. The molecule has 1 N–H and O–H groups in total. The number of benzene rings is 1. The minimum absolute atomic E-state index is 0.185. The van der Waals surface area contributed by atoms with Crippen molar-refractivity contribution < 1.29 is 14.0 Å². The van der Waals surface area contributed by atoms with Gasteiger partial charge in [-0.05, 0) is 42.2 Å². The molecule has 3 aromatic rings. The molecule has 0 aliphatic heterocycles. The molecular formula is C26H33N3O3. The highest BCUT2D eigenvalue weighted by Crippen LogP contribution is 2.15. The fourth-order valence-corrected chi connectivity index (χ4v) is 3.60. The van der Waals surface area contributed by atoms with Gasteiger partial charge < -0.3 is 19.2 Å². The second kappa shape index (κ2) is 11.4. The Balaban J connectivity index is 1.61. The third-order valence-electron chi connectivity index (χ3n) is 5.21. The number of aromatic nitrogens is 1. The Hall–Kier alpha value is -3.28. The molecule has 3 rings (SSSR count). The summed E-state index contributed by atoms with van der Waals surface area (Å²) < 4.78 is 7.87.